The van der Waals surface area contributed by atoms with E-state index >= 15 is 0 Å². The summed E-state index contributed by atoms with van der Waals surface area (Å²) < 4.78 is 21.3. The van der Waals surface area contributed by atoms with E-state index < -0.39 is 22.9 Å². The van der Waals surface area contributed by atoms with Gasteiger partial charge in [-0.1, -0.05) is 18.2 Å². The first kappa shape index (κ1) is 22.1. The third-order valence-corrected chi connectivity index (χ3v) is 5.66. The number of fused-ring (bicyclic) bond motifs is 2. The molecule has 6 rings (SSSR count). The number of aromatic amines is 1. The fourth-order valence-electron chi connectivity index (χ4n) is 3.93. The van der Waals surface area contributed by atoms with Crippen LogP contribution in [0.3, 0.4) is 0 Å². The van der Waals surface area contributed by atoms with Gasteiger partial charge in [-0.3, -0.25) is 14.6 Å². The highest BCUT2D eigenvalue weighted by molar-refractivity contribution is 6.05. The fourth-order valence-corrected chi connectivity index (χ4v) is 3.93. The van der Waals surface area contributed by atoms with Crippen molar-refractivity contribution in [2.24, 2.45) is 0 Å². The summed E-state index contributed by atoms with van der Waals surface area (Å²) in [7, 11) is 0. The van der Waals surface area contributed by atoms with Gasteiger partial charge in [-0.25, -0.2) is 13.9 Å². The van der Waals surface area contributed by atoms with Crippen LogP contribution in [0.4, 0.5) is 10.2 Å². The van der Waals surface area contributed by atoms with Crippen molar-refractivity contribution in [2.75, 3.05) is 5.32 Å². The Morgan fingerprint density at radius 2 is 1.84 bits per heavy atom. The topological polar surface area (TPSA) is 141 Å². The van der Waals surface area contributed by atoms with Crippen LogP contribution in [0.15, 0.2) is 80.9 Å². The molecule has 0 aliphatic rings. The highest BCUT2D eigenvalue weighted by atomic mass is 19.1. The summed E-state index contributed by atoms with van der Waals surface area (Å²) in [5.41, 5.74) is 0.0764. The summed E-state index contributed by atoms with van der Waals surface area (Å²) in [5, 5.41) is 12.0. The van der Waals surface area contributed by atoms with Crippen LogP contribution in [0.5, 0.6) is 0 Å². The van der Waals surface area contributed by atoms with Crippen LogP contribution in [-0.2, 0) is 0 Å². The Hall–Kier alpha value is -5.39. The number of para-hydroxylation sites is 1. The maximum absolute atomic E-state index is 13.4. The number of aromatic nitrogens is 6. The lowest BCUT2D eigenvalue weighted by Crippen LogP contribution is -2.23. The van der Waals surface area contributed by atoms with E-state index in [1.54, 1.807) is 37.3 Å². The number of hydrogen-bond acceptors (Lipinski definition) is 7. The van der Waals surface area contributed by atoms with Gasteiger partial charge in [0.2, 0.25) is 5.95 Å². The Kier molecular flexibility index (Phi) is 5.00. The van der Waals surface area contributed by atoms with Gasteiger partial charge < -0.3 is 9.73 Å². The van der Waals surface area contributed by atoms with E-state index in [1.165, 1.54) is 45.9 Å². The van der Waals surface area contributed by atoms with Crippen molar-refractivity contribution >= 4 is 33.7 Å². The summed E-state index contributed by atoms with van der Waals surface area (Å²) in [6.07, 6.45) is 1.35. The van der Waals surface area contributed by atoms with Gasteiger partial charge in [-0.05, 0) is 43.3 Å². The second kappa shape index (κ2) is 8.37. The van der Waals surface area contributed by atoms with Crippen molar-refractivity contribution in [3.05, 3.63) is 105 Å². The number of carbonyl (C=O) groups excluding carboxylic acids is 1. The summed E-state index contributed by atoms with van der Waals surface area (Å²) in [5.74, 6) is -0.985. The third kappa shape index (κ3) is 3.86. The summed E-state index contributed by atoms with van der Waals surface area (Å²) in [6, 6.07) is 15.4. The van der Waals surface area contributed by atoms with Gasteiger partial charge in [0.05, 0.1) is 17.6 Å². The lowest BCUT2D eigenvalue weighted by atomic mass is 10.2. The van der Waals surface area contributed by atoms with Gasteiger partial charge >= 0.3 is 5.63 Å². The number of nitrogens with zero attached hydrogens (tertiary/aromatic N) is 5. The molecule has 0 unspecified atom stereocenters. The van der Waals surface area contributed by atoms with Gasteiger partial charge in [-0.15, -0.1) is 0 Å². The van der Waals surface area contributed by atoms with Gasteiger partial charge in [0.15, 0.2) is 5.65 Å². The SMILES string of the molecule is Cc1cc(NC(=O)c2cc3ccccc3oc2=O)n(-c2nc3c(cnn3-c3ccc(F)cc3)c(=O)[nH]2)n1. The molecule has 0 fully saturated rings. The maximum Gasteiger partial charge on any atom is 0.349 e. The zero-order valence-electron chi connectivity index (χ0n) is 19.1. The number of carbonyl (C=O) groups is 1. The fraction of sp³-hybridized carbons (Fsp3) is 0.0400. The molecule has 12 heteroatoms. The van der Waals surface area contributed by atoms with Gasteiger partial charge in [0.25, 0.3) is 11.5 Å². The minimum atomic E-state index is -0.796. The largest absolute Gasteiger partial charge is 0.422 e. The van der Waals surface area contributed by atoms with E-state index in [-0.39, 0.29) is 28.4 Å². The molecule has 4 heterocycles. The van der Waals surface area contributed by atoms with E-state index in [9.17, 15) is 18.8 Å². The zero-order valence-corrected chi connectivity index (χ0v) is 19.1. The first-order valence-electron chi connectivity index (χ1n) is 11.0. The summed E-state index contributed by atoms with van der Waals surface area (Å²) in [4.78, 5) is 45.4. The minimum absolute atomic E-state index is 0.00434. The molecule has 37 heavy (non-hydrogen) atoms. The van der Waals surface area contributed by atoms with Crippen molar-refractivity contribution in [3.63, 3.8) is 0 Å². The molecule has 2 N–H and O–H groups in total. The number of H-pyrrole nitrogens is 1. The molecular weight excluding hydrogens is 481 g/mol. The van der Waals surface area contributed by atoms with Crippen LogP contribution < -0.4 is 16.5 Å². The molecule has 0 bridgehead atoms. The highest BCUT2D eigenvalue weighted by Crippen LogP contribution is 2.19. The van der Waals surface area contributed by atoms with Crippen molar-refractivity contribution in [3.8, 4) is 11.6 Å². The Morgan fingerprint density at radius 3 is 2.65 bits per heavy atom. The molecule has 0 atom stereocenters. The van der Waals surface area contributed by atoms with E-state index in [0.717, 1.165) is 0 Å². The molecule has 0 spiro atoms. The number of aryl methyl sites for hydroxylation is 1. The average molecular weight is 497 g/mol. The monoisotopic (exact) mass is 497 g/mol. The van der Waals surface area contributed by atoms with Crippen LogP contribution >= 0.6 is 0 Å². The van der Waals surface area contributed by atoms with E-state index in [2.05, 4.69) is 25.5 Å². The number of nitrogens with one attached hydrogen (secondary N) is 2. The Balaban J connectivity index is 1.42. The Morgan fingerprint density at radius 1 is 1.05 bits per heavy atom. The number of anilines is 1. The van der Waals surface area contributed by atoms with Crippen LogP contribution in [-0.4, -0.2) is 35.4 Å². The highest BCUT2D eigenvalue weighted by Gasteiger charge is 2.19. The van der Waals surface area contributed by atoms with Crippen LogP contribution in [0, 0.1) is 12.7 Å². The first-order valence-corrected chi connectivity index (χ1v) is 11.0. The van der Waals surface area contributed by atoms with Gasteiger partial charge in [-0.2, -0.15) is 19.9 Å². The number of amides is 1. The molecule has 2 aromatic carbocycles. The number of halogens is 1. The molecule has 6 aromatic rings. The maximum atomic E-state index is 13.4. The lowest BCUT2D eigenvalue weighted by Gasteiger charge is -2.09. The van der Waals surface area contributed by atoms with E-state index in [1.807, 2.05) is 0 Å². The molecule has 1 amide bonds. The molecule has 0 aliphatic heterocycles. The first-order chi connectivity index (χ1) is 17.9. The quantitative estimate of drug-likeness (QED) is 0.357. The van der Waals surface area contributed by atoms with Gasteiger partial charge in [0, 0.05) is 11.5 Å². The zero-order chi connectivity index (χ0) is 25.7. The standard InChI is InChI=1S/C25H16FN7O4/c1-13-10-20(28-22(34)17-11-14-4-2-3-5-19(14)37-24(17)36)33(31-13)25-29-21-18(23(35)30-25)12-27-32(21)16-8-6-15(26)7-9-16/h2-12H,1H3,(H,28,34)(H,29,30,35). The average Bonchev–Trinajstić information content (AvgIpc) is 3.47. The predicted octanol–water partition coefficient (Wildman–Crippen LogP) is 3.10. The molecule has 4 aromatic heterocycles. The molecule has 0 saturated heterocycles. The van der Waals surface area contributed by atoms with Crippen molar-refractivity contribution in [2.45, 2.75) is 6.92 Å². The Labute approximate surface area is 205 Å². The minimum Gasteiger partial charge on any atom is -0.422 e. The number of benzene rings is 2. The predicted molar refractivity (Wildman–Crippen MR) is 132 cm³/mol. The number of rotatable bonds is 4. The number of hydrogen-bond donors (Lipinski definition) is 2. The molecule has 0 aliphatic carbocycles. The molecular formula is C25H16FN7O4. The summed E-state index contributed by atoms with van der Waals surface area (Å²) >= 11 is 0. The van der Waals surface area contributed by atoms with E-state index in [0.29, 0.717) is 22.4 Å². The molecule has 0 radical (unpaired) electrons. The molecule has 11 nitrogen and oxygen atoms in total. The lowest BCUT2D eigenvalue weighted by molar-refractivity contribution is 0.102. The van der Waals surface area contributed by atoms with Crippen LogP contribution in [0.25, 0.3) is 33.6 Å². The van der Waals surface area contributed by atoms with Crippen LogP contribution in [0.1, 0.15) is 16.1 Å². The normalized spacial score (nSPS) is 11.3. The summed E-state index contributed by atoms with van der Waals surface area (Å²) in [6.45, 7) is 1.69. The van der Waals surface area contributed by atoms with Crippen molar-refractivity contribution in [1.82, 2.24) is 29.5 Å². The Bertz CT molecular complexity index is 1950. The second-order valence-corrected chi connectivity index (χ2v) is 8.18. The van der Waals surface area contributed by atoms with Gasteiger partial charge in [0.1, 0.15) is 28.2 Å². The molecule has 0 saturated carbocycles. The smallest absolute Gasteiger partial charge is 0.349 e. The van der Waals surface area contributed by atoms with Crippen LogP contribution in [0.2, 0.25) is 0 Å². The second-order valence-electron chi connectivity index (χ2n) is 8.18. The van der Waals surface area contributed by atoms with E-state index in [4.69, 9.17) is 4.42 Å². The molecule has 182 valence electrons. The van der Waals surface area contributed by atoms with Crippen molar-refractivity contribution < 1.29 is 13.6 Å². The van der Waals surface area contributed by atoms with Crippen molar-refractivity contribution in [1.29, 1.82) is 0 Å². The third-order valence-electron chi connectivity index (χ3n) is 5.66.